The Balaban J connectivity index is 0.000000371. The minimum atomic E-state index is 0.519. The number of hydrogen-bond donors (Lipinski definition) is 0. The first-order valence-corrected chi connectivity index (χ1v) is 3.95. The Kier molecular flexibility index (Phi) is 4.65. The maximum Gasteiger partial charge on any atom is 0.0743 e. The Morgan fingerprint density at radius 3 is 1.90 bits per heavy atom. The third-order valence-electron chi connectivity index (χ3n) is 1.67. The van der Waals surface area contributed by atoms with Crippen molar-refractivity contribution in [2.24, 2.45) is 0 Å². The van der Waals surface area contributed by atoms with Crippen LogP contribution in [0.25, 0.3) is 0 Å². The maximum absolute atomic E-state index is 5.09. The van der Waals surface area contributed by atoms with E-state index in [1.165, 1.54) is 6.42 Å². The van der Waals surface area contributed by atoms with E-state index in [-0.39, 0.29) is 0 Å². The molecule has 62 valence electrons. The molecule has 0 amide bonds. The molecule has 1 aliphatic carbocycles. The van der Waals surface area contributed by atoms with Gasteiger partial charge in [0.2, 0.25) is 0 Å². The second-order valence-electron chi connectivity index (χ2n) is 2.54. The third-order valence-corrected chi connectivity index (χ3v) is 1.67. The highest BCUT2D eigenvalue weighted by atomic mass is 16.5. The molecule has 1 fully saturated rings. The molecular weight excluding hydrogens is 126 g/mol. The van der Waals surface area contributed by atoms with Crippen molar-refractivity contribution in [2.45, 2.75) is 32.4 Å². The highest BCUT2D eigenvalue weighted by Gasteiger charge is 2.38. The fourth-order valence-corrected chi connectivity index (χ4v) is 0.956. The first-order valence-electron chi connectivity index (χ1n) is 3.95. The van der Waals surface area contributed by atoms with Crippen LogP contribution in [0.2, 0.25) is 0 Å². The Morgan fingerprint density at radius 2 is 1.80 bits per heavy atom. The second-order valence-corrected chi connectivity index (χ2v) is 2.54. The molecule has 0 N–H and O–H groups in total. The van der Waals surface area contributed by atoms with E-state index in [4.69, 9.17) is 4.74 Å². The van der Waals surface area contributed by atoms with Gasteiger partial charge in [0, 0.05) is 13.2 Å². The lowest BCUT2D eigenvalue weighted by molar-refractivity contribution is 0.156. The standard InChI is InChI=1S/C6H13NO.C2H6/c1-7(2)5-4-6(5)8-3;1-2/h5-6H,4H2,1-3H3;1-2H3. The average Bonchev–Trinajstić information content (AvgIpc) is 2.70. The summed E-state index contributed by atoms with van der Waals surface area (Å²) >= 11 is 0. The van der Waals surface area contributed by atoms with Crippen molar-refractivity contribution >= 4 is 0 Å². The fraction of sp³-hybridized carbons (Fsp3) is 1.00. The number of likely N-dealkylation sites (N-methyl/N-ethyl adjacent to an activating group) is 1. The van der Waals surface area contributed by atoms with Crippen molar-refractivity contribution in [1.82, 2.24) is 4.90 Å². The minimum Gasteiger partial charge on any atom is -0.380 e. The van der Waals surface area contributed by atoms with E-state index in [1.807, 2.05) is 13.8 Å². The van der Waals surface area contributed by atoms with Crippen molar-refractivity contribution in [3.8, 4) is 0 Å². The number of rotatable bonds is 2. The fourth-order valence-electron chi connectivity index (χ4n) is 0.956. The molecule has 10 heavy (non-hydrogen) atoms. The smallest absolute Gasteiger partial charge is 0.0743 e. The highest BCUT2D eigenvalue weighted by Crippen LogP contribution is 2.28. The molecule has 0 saturated heterocycles. The van der Waals surface area contributed by atoms with Crippen molar-refractivity contribution < 1.29 is 4.74 Å². The normalized spacial score (nSPS) is 29.4. The first kappa shape index (κ1) is 9.92. The summed E-state index contributed by atoms with van der Waals surface area (Å²) in [6.07, 6.45) is 1.73. The van der Waals surface area contributed by atoms with Crippen LogP contribution < -0.4 is 0 Å². The average molecular weight is 145 g/mol. The van der Waals surface area contributed by atoms with Gasteiger partial charge in [-0.05, 0) is 20.5 Å². The summed E-state index contributed by atoms with van der Waals surface area (Å²) in [5, 5.41) is 0. The largest absolute Gasteiger partial charge is 0.380 e. The van der Waals surface area contributed by atoms with Gasteiger partial charge < -0.3 is 9.64 Å². The number of ether oxygens (including phenoxy) is 1. The molecule has 2 heteroatoms. The molecule has 0 spiro atoms. The van der Waals surface area contributed by atoms with Crippen LogP contribution in [-0.2, 0) is 4.74 Å². The lowest BCUT2D eigenvalue weighted by atomic mass is 10.6. The van der Waals surface area contributed by atoms with Gasteiger partial charge in [0.25, 0.3) is 0 Å². The molecule has 2 nitrogen and oxygen atoms in total. The molecule has 0 aromatic rings. The molecule has 0 aromatic heterocycles. The zero-order valence-electron chi connectivity index (χ0n) is 7.72. The van der Waals surface area contributed by atoms with Gasteiger partial charge in [-0.3, -0.25) is 0 Å². The monoisotopic (exact) mass is 145 g/mol. The van der Waals surface area contributed by atoms with Gasteiger partial charge in [0.15, 0.2) is 0 Å². The zero-order chi connectivity index (χ0) is 8.15. The van der Waals surface area contributed by atoms with Crippen LogP contribution in [0.3, 0.4) is 0 Å². The molecule has 0 bridgehead atoms. The van der Waals surface area contributed by atoms with E-state index in [0.29, 0.717) is 12.1 Å². The highest BCUT2D eigenvalue weighted by molar-refractivity contribution is 4.94. The maximum atomic E-state index is 5.09. The van der Waals surface area contributed by atoms with Crippen LogP contribution in [0.15, 0.2) is 0 Å². The Bertz CT molecular complexity index is 83.3. The minimum absolute atomic E-state index is 0.519. The van der Waals surface area contributed by atoms with Crippen LogP contribution in [0.4, 0.5) is 0 Å². The van der Waals surface area contributed by atoms with E-state index >= 15 is 0 Å². The second kappa shape index (κ2) is 4.69. The lowest BCUT2D eigenvalue weighted by Crippen LogP contribution is -2.17. The van der Waals surface area contributed by atoms with Crippen molar-refractivity contribution in [1.29, 1.82) is 0 Å². The van der Waals surface area contributed by atoms with Crippen molar-refractivity contribution in [3.63, 3.8) is 0 Å². The summed E-state index contributed by atoms with van der Waals surface area (Å²) in [6, 6.07) is 0.694. The summed E-state index contributed by atoms with van der Waals surface area (Å²) in [4.78, 5) is 2.20. The molecule has 0 aliphatic heterocycles. The zero-order valence-corrected chi connectivity index (χ0v) is 7.72. The van der Waals surface area contributed by atoms with Gasteiger partial charge in [-0.15, -0.1) is 0 Å². The summed E-state index contributed by atoms with van der Waals surface area (Å²) in [5.74, 6) is 0. The predicted octanol–water partition coefficient (Wildman–Crippen LogP) is 1.36. The third kappa shape index (κ3) is 2.67. The number of methoxy groups -OCH3 is 1. The van der Waals surface area contributed by atoms with Crippen molar-refractivity contribution in [2.75, 3.05) is 21.2 Å². The molecule has 0 heterocycles. The van der Waals surface area contributed by atoms with Gasteiger partial charge in [-0.2, -0.15) is 0 Å². The Hall–Kier alpha value is -0.0800. The van der Waals surface area contributed by atoms with E-state index in [9.17, 15) is 0 Å². The van der Waals surface area contributed by atoms with Gasteiger partial charge >= 0.3 is 0 Å². The topological polar surface area (TPSA) is 12.5 Å². The summed E-state index contributed by atoms with van der Waals surface area (Å²) in [5.41, 5.74) is 0. The molecule has 2 atom stereocenters. The van der Waals surface area contributed by atoms with Crippen molar-refractivity contribution in [3.05, 3.63) is 0 Å². The van der Waals surface area contributed by atoms with E-state index in [0.717, 1.165) is 0 Å². The van der Waals surface area contributed by atoms with Crippen LogP contribution in [0.1, 0.15) is 20.3 Å². The van der Waals surface area contributed by atoms with E-state index in [1.54, 1.807) is 7.11 Å². The van der Waals surface area contributed by atoms with Gasteiger partial charge in [0.05, 0.1) is 6.10 Å². The molecule has 1 aliphatic rings. The van der Waals surface area contributed by atoms with Crippen LogP contribution in [0, 0.1) is 0 Å². The quantitative estimate of drug-likeness (QED) is 0.581. The number of hydrogen-bond acceptors (Lipinski definition) is 2. The summed E-state index contributed by atoms with van der Waals surface area (Å²) < 4.78 is 5.09. The van der Waals surface area contributed by atoms with Crippen LogP contribution in [0.5, 0.6) is 0 Å². The van der Waals surface area contributed by atoms with E-state index < -0.39 is 0 Å². The molecule has 0 aromatic carbocycles. The van der Waals surface area contributed by atoms with Gasteiger partial charge in [-0.25, -0.2) is 0 Å². The molecular formula is C8H19NO. The first-order chi connectivity index (χ1) is 4.75. The van der Waals surface area contributed by atoms with Gasteiger partial charge in [0.1, 0.15) is 0 Å². The lowest BCUT2D eigenvalue weighted by Gasteiger charge is -2.06. The SMILES string of the molecule is CC.COC1CC1N(C)C. The Labute approximate surface area is 64.2 Å². The van der Waals surface area contributed by atoms with E-state index in [2.05, 4.69) is 19.0 Å². The molecule has 0 radical (unpaired) electrons. The Morgan fingerprint density at radius 1 is 1.30 bits per heavy atom. The van der Waals surface area contributed by atoms with Crippen LogP contribution in [-0.4, -0.2) is 38.3 Å². The molecule has 1 rings (SSSR count). The summed E-state index contributed by atoms with van der Waals surface area (Å²) in [7, 11) is 5.95. The van der Waals surface area contributed by atoms with Crippen LogP contribution >= 0.6 is 0 Å². The number of nitrogens with zero attached hydrogens (tertiary/aromatic N) is 1. The molecule has 2 unspecified atom stereocenters. The van der Waals surface area contributed by atoms with Gasteiger partial charge in [-0.1, -0.05) is 13.8 Å². The predicted molar refractivity (Wildman–Crippen MR) is 44.2 cm³/mol. The summed E-state index contributed by atoms with van der Waals surface area (Å²) in [6.45, 7) is 4.00. The molecule has 1 saturated carbocycles.